The van der Waals surface area contributed by atoms with Crippen LogP contribution >= 0.6 is 0 Å². The lowest BCUT2D eigenvalue weighted by molar-refractivity contribution is -0.326. The zero-order valence-electron chi connectivity index (χ0n) is 10.8. The van der Waals surface area contributed by atoms with E-state index in [0.717, 1.165) is 0 Å². The molecule has 114 valence electrons. The smallest absolute Gasteiger partial charge is 0.396 e. The Bertz CT molecular complexity index is 725. The molecule has 0 aromatic carbocycles. The first-order valence-electron chi connectivity index (χ1n) is 6.35. The molecule has 0 radical (unpaired) electrons. The second-order valence-corrected chi connectivity index (χ2v) is 4.79. The minimum Gasteiger partial charge on any atom is -0.396 e. The zero-order chi connectivity index (χ0) is 15.3. The zero-order valence-corrected chi connectivity index (χ0v) is 10.8. The summed E-state index contributed by atoms with van der Waals surface area (Å²) in [5, 5.41) is 11.7. The molecule has 1 aromatic heterocycles. The Morgan fingerprint density at radius 2 is 2.09 bits per heavy atom. The number of nitrogens with zero attached hydrogens (tertiary/aromatic N) is 2. The Morgan fingerprint density at radius 3 is 2.82 bits per heavy atom. The maximum atomic E-state index is 13.0. The van der Waals surface area contributed by atoms with Crippen molar-refractivity contribution < 1.29 is 23.0 Å². The number of hydrogen-bond acceptors (Lipinski definition) is 6. The summed E-state index contributed by atoms with van der Waals surface area (Å²) in [6, 6.07) is 0.650. The summed E-state index contributed by atoms with van der Waals surface area (Å²) in [6.07, 6.45) is 0.657. The number of aromatic amines is 1. The number of guanidine groups is 1. The summed E-state index contributed by atoms with van der Waals surface area (Å²) < 4.78 is 34.7. The molecule has 1 saturated heterocycles. The predicted octanol–water partition coefficient (Wildman–Crippen LogP) is 0.214. The van der Waals surface area contributed by atoms with Crippen LogP contribution in [0, 0.1) is 0 Å². The number of carbonyl (C=O) groups is 1. The van der Waals surface area contributed by atoms with Crippen LogP contribution in [-0.2, 0) is 9.47 Å². The van der Waals surface area contributed by atoms with Crippen molar-refractivity contribution in [3.05, 3.63) is 41.6 Å². The SMILES string of the molecule is O=C(NC1=NC2C=C3OC(F)(F)OC3=CC2N1)c1ccn[nH]1. The van der Waals surface area contributed by atoms with Crippen LogP contribution in [0.5, 0.6) is 0 Å². The molecule has 3 heterocycles. The van der Waals surface area contributed by atoms with E-state index in [1.165, 1.54) is 24.4 Å². The van der Waals surface area contributed by atoms with Gasteiger partial charge >= 0.3 is 6.29 Å². The van der Waals surface area contributed by atoms with Gasteiger partial charge in [0.25, 0.3) is 5.91 Å². The van der Waals surface area contributed by atoms with Gasteiger partial charge in [0.1, 0.15) is 5.69 Å². The van der Waals surface area contributed by atoms with Crippen LogP contribution in [0.25, 0.3) is 0 Å². The lowest BCUT2D eigenvalue weighted by Crippen LogP contribution is -2.42. The highest BCUT2D eigenvalue weighted by molar-refractivity contribution is 6.05. The minimum absolute atomic E-state index is 0.0462. The normalized spacial score (nSPS) is 27.3. The fourth-order valence-corrected chi connectivity index (χ4v) is 2.34. The Labute approximate surface area is 121 Å². The molecule has 1 fully saturated rings. The highest BCUT2D eigenvalue weighted by Gasteiger charge is 2.48. The number of aliphatic imine (C=N–C) groups is 1. The first-order chi connectivity index (χ1) is 10.5. The minimum atomic E-state index is -3.66. The van der Waals surface area contributed by atoms with Crippen molar-refractivity contribution in [2.75, 3.05) is 0 Å². The van der Waals surface area contributed by atoms with Gasteiger partial charge in [-0.15, -0.1) is 8.78 Å². The number of alkyl halides is 2. The monoisotopic (exact) mass is 309 g/mol. The van der Waals surface area contributed by atoms with E-state index in [-0.39, 0.29) is 23.2 Å². The summed E-state index contributed by atoms with van der Waals surface area (Å²) in [6.45, 7) is 0. The molecule has 0 bridgehead atoms. The standard InChI is InChI=1S/C12H9F2N5O3/c13-12(14)21-8-3-6-7(4-9(8)22-12)17-11(16-6)18-10(20)5-1-2-15-19-5/h1-4,6-7H,(H,15,19)(H2,16,17,18,20). The Hall–Kier alpha value is -2.91. The summed E-state index contributed by atoms with van der Waals surface area (Å²) in [7, 11) is 0. The number of carbonyl (C=O) groups excluding carboxylic acids is 1. The molecule has 4 rings (SSSR count). The molecule has 3 N–H and O–H groups in total. The third-order valence-corrected chi connectivity index (χ3v) is 3.28. The number of H-pyrrole nitrogens is 1. The van der Waals surface area contributed by atoms with Crippen LogP contribution in [0.2, 0.25) is 0 Å². The topological polar surface area (TPSA) is 101 Å². The molecule has 0 spiro atoms. The predicted molar refractivity (Wildman–Crippen MR) is 67.5 cm³/mol. The lowest BCUT2D eigenvalue weighted by Gasteiger charge is -2.16. The van der Waals surface area contributed by atoms with E-state index in [1.54, 1.807) is 0 Å². The van der Waals surface area contributed by atoms with Gasteiger partial charge in [-0.05, 0) is 18.2 Å². The van der Waals surface area contributed by atoms with Gasteiger partial charge in [-0.3, -0.25) is 15.2 Å². The number of fused-ring (bicyclic) bond motifs is 2. The average molecular weight is 309 g/mol. The van der Waals surface area contributed by atoms with Gasteiger partial charge in [0.05, 0.1) is 12.1 Å². The van der Waals surface area contributed by atoms with Crippen molar-refractivity contribution in [1.82, 2.24) is 20.8 Å². The van der Waals surface area contributed by atoms with E-state index < -0.39 is 24.3 Å². The second kappa shape index (κ2) is 4.29. The largest absolute Gasteiger partial charge is 0.586 e. The number of ether oxygens (including phenoxy) is 2. The van der Waals surface area contributed by atoms with Gasteiger partial charge in [0.2, 0.25) is 0 Å². The number of halogens is 2. The summed E-state index contributed by atoms with van der Waals surface area (Å²) in [5.74, 6) is -0.287. The van der Waals surface area contributed by atoms with E-state index in [9.17, 15) is 13.6 Å². The van der Waals surface area contributed by atoms with Gasteiger partial charge in [-0.1, -0.05) is 0 Å². The van der Waals surface area contributed by atoms with E-state index in [1.807, 2.05) is 0 Å². The van der Waals surface area contributed by atoms with Gasteiger partial charge < -0.3 is 14.8 Å². The van der Waals surface area contributed by atoms with Crippen LogP contribution in [-0.4, -0.2) is 40.4 Å². The molecule has 0 saturated carbocycles. The number of nitrogens with one attached hydrogen (secondary N) is 3. The van der Waals surface area contributed by atoms with Crippen LogP contribution in [0.4, 0.5) is 8.78 Å². The molecule has 2 atom stereocenters. The highest BCUT2D eigenvalue weighted by atomic mass is 19.3. The molecule has 8 nitrogen and oxygen atoms in total. The first kappa shape index (κ1) is 12.8. The van der Waals surface area contributed by atoms with Crippen LogP contribution in [0.3, 0.4) is 0 Å². The molecular weight excluding hydrogens is 300 g/mol. The number of aromatic nitrogens is 2. The molecule has 22 heavy (non-hydrogen) atoms. The maximum Gasteiger partial charge on any atom is 0.586 e. The van der Waals surface area contributed by atoms with E-state index in [4.69, 9.17) is 0 Å². The molecule has 1 aliphatic carbocycles. The van der Waals surface area contributed by atoms with Gasteiger partial charge in [-0.2, -0.15) is 5.10 Å². The number of amides is 1. The van der Waals surface area contributed by atoms with Crippen LogP contribution < -0.4 is 10.6 Å². The molecule has 3 aliphatic rings. The second-order valence-electron chi connectivity index (χ2n) is 4.79. The molecule has 10 heteroatoms. The lowest BCUT2D eigenvalue weighted by atomic mass is 10.0. The molecule has 1 aromatic rings. The van der Waals surface area contributed by atoms with Crippen molar-refractivity contribution in [2.24, 2.45) is 4.99 Å². The molecule has 1 amide bonds. The fourth-order valence-electron chi connectivity index (χ4n) is 2.34. The van der Waals surface area contributed by atoms with Gasteiger partial charge in [0.15, 0.2) is 17.5 Å². The van der Waals surface area contributed by atoms with Crippen LogP contribution in [0.15, 0.2) is 40.9 Å². The van der Waals surface area contributed by atoms with Gasteiger partial charge in [0, 0.05) is 6.20 Å². The van der Waals surface area contributed by atoms with Crippen molar-refractivity contribution in [2.45, 2.75) is 18.4 Å². The first-order valence-corrected chi connectivity index (χ1v) is 6.35. The van der Waals surface area contributed by atoms with E-state index >= 15 is 0 Å². The third kappa shape index (κ3) is 2.08. The van der Waals surface area contributed by atoms with Crippen molar-refractivity contribution >= 4 is 11.9 Å². The Morgan fingerprint density at radius 1 is 1.32 bits per heavy atom. The van der Waals surface area contributed by atoms with Crippen LogP contribution in [0.1, 0.15) is 10.5 Å². The average Bonchev–Trinajstić information content (AvgIpc) is 3.11. The fraction of sp³-hybridized carbons (Fsp3) is 0.250. The van der Waals surface area contributed by atoms with Gasteiger partial charge in [-0.25, -0.2) is 4.99 Å². The third-order valence-electron chi connectivity index (χ3n) is 3.28. The maximum absolute atomic E-state index is 13.0. The molecule has 2 unspecified atom stereocenters. The molecule has 2 aliphatic heterocycles. The molecular formula is C12H9F2N5O3. The summed E-state index contributed by atoms with van der Waals surface area (Å²) in [5.41, 5.74) is 0.277. The number of rotatable bonds is 1. The number of hydrogen-bond donors (Lipinski definition) is 3. The van der Waals surface area contributed by atoms with E-state index in [0.29, 0.717) is 0 Å². The van der Waals surface area contributed by atoms with Crippen molar-refractivity contribution in [3.63, 3.8) is 0 Å². The Kier molecular flexibility index (Phi) is 2.50. The highest BCUT2D eigenvalue weighted by Crippen LogP contribution is 2.39. The van der Waals surface area contributed by atoms with Crippen molar-refractivity contribution in [3.8, 4) is 0 Å². The summed E-state index contributed by atoms with van der Waals surface area (Å²) in [4.78, 5) is 16.1. The van der Waals surface area contributed by atoms with E-state index in [2.05, 4.69) is 35.3 Å². The Balaban J connectivity index is 1.50. The van der Waals surface area contributed by atoms with Crippen molar-refractivity contribution in [1.29, 1.82) is 0 Å². The quantitative estimate of drug-likeness (QED) is 0.689. The summed E-state index contributed by atoms with van der Waals surface area (Å²) >= 11 is 0.